The normalized spacial score (nSPS) is 10.4. The van der Waals surface area contributed by atoms with Crippen LogP contribution in [-0.2, 0) is 9.59 Å². The third-order valence-electron chi connectivity index (χ3n) is 3.74. The summed E-state index contributed by atoms with van der Waals surface area (Å²) in [7, 11) is 0. The number of hydrogen-bond donors (Lipinski definition) is 1. The molecule has 0 saturated carbocycles. The summed E-state index contributed by atoms with van der Waals surface area (Å²) in [6.45, 7) is 7.30. The van der Waals surface area contributed by atoms with Gasteiger partial charge in [-0.15, -0.1) is 0 Å². The smallest absolute Gasteiger partial charge is 0.244 e. The Labute approximate surface area is 151 Å². The maximum Gasteiger partial charge on any atom is 0.244 e. The number of carbonyl (C=O) groups is 2. The summed E-state index contributed by atoms with van der Waals surface area (Å²) >= 11 is 3.47. The van der Waals surface area contributed by atoms with Gasteiger partial charge in [-0.25, -0.2) is 0 Å². The van der Waals surface area contributed by atoms with Crippen molar-refractivity contribution in [1.29, 1.82) is 0 Å². The number of carbonyl (C=O) groups excluding carboxylic acids is 2. The first-order valence-corrected chi connectivity index (χ1v) is 8.48. The molecule has 24 heavy (non-hydrogen) atoms. The fourth-order valence-corrected chi connectivity index (χ4v) is 3.11. The van der Waals surface area contributed by atoms with Crippen LogP contribution in [0.5, 0.6) is 0 Å². The Morgan fingerprint density at radius 1 is 1.04 bits per heavy atom. The highest BCUT2D eigenvalue weighted by molar-refractivity contribution is 9.10. The van der Waals surface area contributed by atoms with E-state index in [9.17, 15) is 9.59 Å². The molecule has 0 bridgehead atoms. The number of hydrogen-bond acceptors (Lipinski definition) is 2. The SMILES string of the molecule is CC(=O)N(CC(=O)Nc1cc(C)ccc1C)c1ccc(C)cc1Br. The Balaban J connectivity index is 2.20. The molecular weight excluding hydrogens is 368 g/mol. The van der Waals surface area contributed by atoms with Crippen molar-refractivity contribution in [1.82, 2.24) is 0 Å². The summed E-state index contributed by atoms with van der Waals surface area (Å²) in [6.07, 6.45) is 0. The van der Waals surface area contributed by atoms with Gasteiger partial charge in [0.1, 0.15) is 6.54 Å². The van der Waals surface area contributed by atoms with E-state index in [2.05, 4.69) is 21.2 Å². The second kappa shape index (κ2) is 7.62. The summed E-state index contributed by atoms with van der Waals surface area (Å²) in [5, 5.41) is 2.89. The van der Waals surface area contributed by atoms with Crippen LogP contribution in [-0.4, -0.2) is 18.4 Å². The molecule has 0 aromatic heterocycles. The zero-order valence-electron chi connectivity index (χ0n) is 14.3. The van der Waals surface area contributed by atoms with Crippen molar-refractivity contribution in [2.75, 3.05) is 16.8 Å². The second-order valence-corrected chi connectivity index (χ2v) is 6.78. The van der Waals surface area contributed by atoms with Gasteiger partial charge >= 0.3 is 0 Å². The topological polar surface area (TPSA) is 49.4 Å². The zero-order chi connectivity index (χ0) is 17.9. The fourth-order valence-electron chi connectivity index (χ4n) is 2.40. The molecule has 0 spiro atoms. The molecule has 0 heterocycles. The predicted octanol–water partition coefficient (Wildman–Crippen LogP) is 4.37. The number of benzene rings is 2. The van der Waals surface area contributed by atoms with Crippen LogP contribution in [0.15, 0.2) is 40.9 Å². The van der Waals surface area contributed by atoms with E-state index in [4.69, 9.17) is 0 Å². The summed E-state index contributed by atoms with van der Waals surface area (Å²) in [5.74, 6) is -0.415. The van der Waals surface area contributed by atoms with Gasteiger partial charge in [0, 0.05) is 17.1 Å². The number of aryl methyl sites for hydroxylation is 3. The summed E-state index contributed by atoms with van der Waals surface area (Å²) in [4.78, 5) is 25.9. The number of anilines is 2. The van der Waals surface area contributed by atoms with E-state index in [1.54, 1.807) is 0 Å². The fraction of sp³-hybridized carbons (Fsp3) is 0.263. The van der Waals surface area contributed by atoms with Gasteiger partial charge in [-0.1, -0.05) is 18.2 Å². The average molecular weight is 389 g/mol. The van der Waals surface area contributed by atoms with Gasteiger partial charge < -0.3 is 10.2 Å². The quantitative estimate of drug-likeness (QED) is 0.845. The average Bonchev–Trinajstić information content (AvgIpc) is 2.49. The van der Waals surface area contributed by atoms with Gasteiger partial charge in [0.15, 0.2) is 0 Å². The van der Waals surface area contributed by atoms with Crippen molar-refractivity contribution < 1.29 is 9.59 Å². The van der Waals surface area contributed by atoms with Crippen LogP contribution >= 0.6 is 15.9 Å². The van der Waals surface area contributed by atoms with E-state index < -0.39 is 0 Å². The van der Waals surface area contributed by atoms with Crippen molar-refractivity contribution in [3.8, 4) is 0 Å². The molecule has 0 fully saturated rings. The molecule has 4 nitrogen and oxygen atoms in total. The van der Waals surface area contributed by atoms with Crippen LogP contribution in [0, 0.1) is 20.8 Å². The lowest BCUT2D eigenvalue weighted by Crippen LogP contribution is -2.37. The van der Waals surface area contributed by atoms with Crippen LogP contribution in [0.1, 0.15) is 23.6 Å². The summed E-state index contributed by atoms with van der Waals surface area (Å²) in [6, 6.07) is 11.6. The van der Waals surface area contributed by atoms with Crippen molar-refractivity contribution in [3.05, 3.63) is 57.6 Å². The van der Waals surface area contributed by atoms with Gasteiger partial charge in [0.25, 0.3) is 0 Å². The first-order valence-electron chi connectivity index (χ1n) is 7.69. The largest absolute Gasteiger partial charge is 0.324 e. The van der Waals surface area contributed by atoms with Crippen LogP contribution in [0.2, 0.25) is 0 Å². The molecular formula is C19H21BrN2O2. The summed E-state index contributed by atoms with van der Waals surface area (Å²) in [5.41, 5.74) is 4.59. The Bertz CT molecular complexity index is 787. The van der Waals surface area contributed by atoms with E-state index >= 15 is 0 Å². The predicted molar refractivity (Wildman–Crippen MR) is 101 cm³/mol. The monoisotopic (exact) mass is 388 g/mol. The molecule has 0 aliphatic rings. The number of amides is 2. The minimum Gasteiger partial charge on any atom is -0.324 e. The first-order chi connectivity index (χ1) is 11.3. The Kier molecular flexibility index (Phi) is 5.78. The number of rotatable bonds is 4. The third-order valence-corrected chi connectivity index (χ3v) is 4.38. The number of nitrogens with one attached hydrogen (secondary N) is 1. The molecule has 2 amide bonds. The van der Waals surface area contributed by atoms with Gasteiger partial charge in [-0.2, -0.15) is 0 Å². The van der Waals surface area contributed by atoms with Crippen LogP contribution in [0.25, 0.3) is 0 Å². The van der Waals surface area contributed by atoms with Crippen LogP contribution in [0.3, 0.4) is 0 Å². The van der Waals surface area contributed by atoms with Crippen molar-refractivity contribution >= 4 is 39.1 Å². The van der Waals surface area contributed by atoms with E-state index in [0.717, 1.165) is 26.9 Å². The number of halogens is 1. The highest BCUT2D eigenvalue weighted by Gasteiger charge is 2.18. The maximum atomic E-state index is 12.4. The van der Waals surface area contributed by atoms with Gasteiger partial charge in [-0.05, 0) is 71.6 Å². The second-order valence-electron chi connectivity index (χ2n) is 5.93. The minimum atomic E-state index is -0.230. The summed E-state index contributed by atoms with van der Waals surface area (Å²) < 4.78 is 0.789. The molecule has 0 atom stereocenters. The van der Waals surface area contributed by atoms with E-state index in [-0.39, 0.29) is 18.4 Å². The molecule has 2 rings (SSSR count). The van der Waals surface area contributed by atoms with E-state index in [1.165, 1.54) is 11.8 Å². The van der Waals surface area contributed by atoms with E-state index in [1.807, 2.05) is 57.2 Å². The number of nitrogens with zero attached hydrogens (tertiary/aromatic N) is 1. The highest BCUT2D eigenvalue weighted by Crippen LogP contribution is 2.27. The van der Waals surface area contributed by atoms with E-state index in [0.29, 0.717) is 5.69 Å². The molecule has 0 aliphatic heterocycles. The molecule has 1 N–H and O–H groups in total. The molecule has 0 saturated heterocycles. The van der Waals surface area contributed by atoms with Crippen molar-refractivity contribution in [3.63, 3.8) is 0 Å². The Morgan fingerprint density at radius 2 is 1.67 bits per heavy atom. The van der Waals surface area contributed by atoms with Crippen molar-refractivity contribution in [2.45, 2.75) is 27.7 Å². The molecule has 2 aromatic carbocycles. The lowest BCUT2D eigenvalue weighted by atomic mass is 10.1. The van der Waals surface area contributed by atoms with Crippen molar-refractivity contribution in [2.24, 2.45) is 0 Å². The lowest BCUT2D eigenvalue weighted by Gasteiger charge is -2.22. The van der Waals surface area contributed by atoms with Crippen LogP contribution < -0.4 is 10.2 Å². The Hall–Kier alpha value is -2.14. The lowest BCUT2D eigenvalue weighted by molar-refractivity contribution is -0.120. The molecule has 5 heteroatoms. The molecule has 126 valence electrons. The van der Waals surface area contributed by atoms with Gasteiger partial charge in [0.2, 0.25) is 11.8 Å². The van der Waals surface area contributed by atoms with Crippen LogP contribution in [0.4, 0.5) is 11.4 Å². The third kappa shape index (κ3) is 4.45. The Morgan fingerprint density at radius 3 is 2.29 bits per heavy atom. The molecule has 0 radical (unpaired) electrons. The van der Waals surface area contributed by atoms with Gasteiger partial charge in [0.05, 0.1) is 5.69 Å². The minimum absolute atomic E-state index is 0.0373. The zero-order valence-corrected chi connectivity index (χ0v) is 15.9. The van der Waals surface area contributed by atoms with Gasteiger partial charge in [-0.3, -0.25) is 9.59 Å². The highest BCUT2D eigenvalue weighted by atomic mass is 79.9. The maximum absolute atomic E-state index is 12.4. The molecule has 2 aromatic rings. The first kappa shape index (κ1) is 18.2. The molecule has 0 aliphatic carbocycles. The standard InChI is InChI=1S/C19H21BrN2O2/c1-12-6-8-18(16(20)9-12)22(15(4)23)11-19(24)21-17-10-13(2)5-7-14(17)3/h5-10H,11H2,1-4H3,(H,21,24). The molecule has 0 unspecified atom stereocenters.